The molecule has 0 saturated heterocycles. The van der Waals surface area contributed by atoms with E-state index in [0.717, 1.165) is 43.4 Å². The molecule has 0 saturated carbocycles. The maximum Gasteiger partial charge on any atom is 0.179 e. The Morgan fingerprint density at radius 1 is 0.862 bits per heavy atom. The average molecular weight is 377 g/mol. The first-order valence-corrected chi connectivity index (χ1v) is 9.52. The van der Waals surface area contributed by atoms with Gasteiger partial charge in [-0.05, 0) is 63.7 Å². The highest BCUT2D eigenvalue weighted by molar-refractivity contribution is 6.16. The minimum absolute atomic E-state index is 0.0283. The highest BCUT2D eigenvalue weighted by Gasteiger charge is 2.19. The maximum absolute atomic E-state index is 11.5. The van der Waals surface area contributed by atoms with Crippen LogP contribution in [0.25, 0.3) is 30.1 Å². The van der Waals surface area contributed by atoms with Crippen molar-refractivity contribution in [3.05, 3.63) is 98.7 Å². The van der Waals surface area contributed by atoms with Crippen LogP contribution in [0.5, 0.6) is 0 Å². The van der Waals surface area contributed by atoms with Crippen LogP contribution >= 0.6 is 0 Å². The molecule has 0 atom stereocenters. The maximum atomic E-state index is 11.5. The first kappa shape index (κ1) is 17.3. The van der Waals surface area contributed by atoms with E-state index in [1.54, 1.807) is 12.2 Å². The summed E-state index contributed by atoms with van der Waals surface area (Å²) < 4.78 is 0. The lowest BCUT2D eigenvalue weighted by Gasteiger charge is -2.27. The average Bonchev–Trinajstić information content (AvgIpc) is 2.76. The molecule has 1 N–H and O–H groups in total. The van der Waals surface area contributed by atoms with E-state index in [1.165, 1.54) is 0 Å². The molecule has 0 spiro atoms. The van der Waals surface area contributed by atoms with Gasteiger partial charge in [0.25, 0.3) is 0 Å². The summed E-state index contributed by atoms with van der Waals surface area (Å²) >= 11 is 0. The Morgan fingerprint density at radius 2 is 1.62 bits per heavy atom. The molecule has 3 aromatic rings. The molecule has 0 amide bonds. The molecule has 1 aliphatic carbocycles. The predicted octanol–water partition coefficient (Wildman–Crippen LogP) is 2.12. The molecule has 3 aromatic carbocycles. The lowest BCUT2D eigenvalue weighted by molar-refractivity contribution is -0.109. The second-order valence-corrected chi connectivity index (χ2v) is 7.30. The van der Waals surface area contributed by atoms with E-state index in [2.05, 4.69) is 29.2 Å². The zero-order valence-corrected chi connectivity index (χ0v) is 16.0. The number of ketones is 1. The number of carbonyl (C=O) groups is 1. The molecule has 0 unspecified atom stereocenters. The number of para-hydroxylation sites is 1. The van der Waals surface area contributed by atoms with Crippen LogP contribution in [0.4, 0.5) is 11.4 Å². The lowest BCUT2D eigenvalue weighted by Crippen LogP contribution is -2.28. The zero-order valence-electron chi connectivity index (χ0n) is 16.0. The molecule has 5 rings (SSSR count). The van der Waals surface area contributed by atoms with Crippen LogP contribution in [0, 0.1) is 0 Å². The zero-order chi connectivity index (χ0) is 20.0. The fourth-order valence-corrected chi connectivity index (χ4v) is 3.91. The molecular formula is C26H19NO2. The van der Waals surface area contributed by atoms with Gasteiger partial charge in [0.1, 0.15) is 5.76 Å². The van der Waals surface area contributed by atoms with Gasteiger partial charge in [-0.15, -0.1) is 0 Å². The van der Waals surface area contributed by atoms with E-state index < -0.39 is 0 Å². The molecule has 1 aliphatic heterocycles. The Hall–Kier alpha value is -3.85. The molecule has 0 fully saturated rings. The van der Waals surface area contributed by atoms with Crippen LogP contribution in [0.1, 0.15) is 11.1 Å². The van der Waals surface area contributed by atoms with Gasteiger partial charge in [-0.25, -0.2) is 0 Å². The van der Waals surface area contributed by atoms with Crippen molar-refractivity contribution in [1.82, 2.24) is 0 Å². The van der Waals surface area contributed by atoms with Gasteiger partial charge in [-0.2, -0.15) is 0 Å². The minimum atomic E-state index is 0.0283. The summed E-state index contributed by atoms with van der Waals surface area (Å²) in [6.45, 7) is 0. The van der Waals surface area contributed by atoms with Crippen molar-refractivity contribution in [2.24, 2.45) is 0 Å². The van der Waals surface area contributed by atoms with Gasteiger partial charge in [-0.1, -0.05) is 48.6 Å². The molecular weight excluding hydrogens is 358 g/mol. The summed E-state index contributed by atoms with van der Waals surface area (Å²) in [7, 11) is 2.02. The van der Waals surface area contributed by atoms with Crippen LogP contribution in [-0.2, 0) is 4.79 Å². The summed E-state index contributed by atoms with van der Waals surface area (Å²) in [5.74, 6) is 0.345. The number of benzene rings is 3. The molecule has 1 heterocycles. The number of anilines is 2. The number of aliphatic hydroxyl groups is 1. The van der Waals surface area contributed by atoms with Crippen molar-refractivity contribution in [2.75, 3.05) is 11.9 Å². The third-order valence-electron chi connectivity index (χ3n) is 5.46. The van der Waals surface area contributed by atoms with Crippen molar-refractivity contribution < 1.29 is 9.90 Å². The van der Waals surface area contributed by atoms with Gasteiger partial charge < -0.3 is 10.0 Å². The van der Waals surface area contributed by atoms with E-state index in [1.807, 2.05) is 61.7 Å². The highest BCUT2D eigenvalue weighted by Crippen LogP contribution is 2.31. The number of nitrogens with zero attached hydrogens (tertiary/aromatic N) is 1. The summed E-state index contributed by atoms with van der Waals surface area (Å²) in [5, 5.41) is 14.6. The topological polar surface area (TPSA) is 40.5 Å². The van der Waals surface area contributed by atoms with E-state index in [0.29, 0.717) is 5.76 Å². The number of carbonyl (C=O) groups excluding carboxylic acids is 1. The van der Waals surface area contributed by atoms with Gasteiger partial charge in [0.05, 0.1) is 11.4 Å². The van der Waals surface area contributed by atoms with Gasteiger partial charge in [0, 0.05) is 17.8 Å². The highest BCUT2D eigenvalue weighted by atomic mass is 16.3. The van der Waals surface area contributed by atoms with E-state index in [-0.39, 0.29) is 5.78 Å². The number of allylic oxidation sites excluding steroid dienone is 1. The normalized spacial score (nSPS) is 15.7. The van der Waals surface area contributed by atoms with Crippen molar-refractivity contribution in [1.29, 1.82) is 0 Å². The fraction of sp³-hybridized carbons (Fsp3) is 0.0385. The quantitative estimate of drug-likeness (QED) is 0.706. The number of hydrogen-bond acceptors (Lipinski definition) is 3. The second kappa shape index (κ2) is 6.64. The first-order valence-electron chi connectivity index (χ1n) is 9.52. The van der Waals surface area contributed by atoms with Crippen LogP contribution < -0.4 is 25.8 Å². The molecule has 29 heavy (non-hydrogen) atoms. The van der Waals surface area contributed by atoms with Gasteiger partial charge in [-0.3, -0.25) is 4.79 Å². The van der Waals surface area contributed by atoms with E-state index >= 15 is 0 Å². The molecule has 140 valence electrons. The van der Waals surface area contributed by atoms with E-state index in [4.69, 9.17) is 0 Å². The second-order valence-electron chi connectivity index (χ2n) is 7.30. The Bertz CT molecular complexity index is 1440. The Labute approximate surface area is 168 Å². The van der Waals surface area contributed by atoms with Crippen molar-refractivity contribution in [3.8, 4) is 0 Å². The fourth-order valence-electron chi connectivity index (χ4n) is 3.91. The lowest BCUT2D eigenvalue weighted by atomic mass is 10.0. The molecule has 2 aliphatic rings. The third kappa shape index (κ3) is 2.97. The number of rotatable bonds is 1. The van der Waals surface area contributed by atoms with E-state index in [9.17, 15) is 9.90 Å². The van der Waals surface area contributed by atoms with Crippen LogP contribution in [0.3, 0.4) is 0 Å². The number of fused-ring (bicyclic) bond motifs is 3. The summed E-state index contributed by atoms with van der Waals surface area (Å²) in [5.41, 5.74) is 3.87. The van der Waals surface area contributed by atoms with Crippen molar-refractivity contribution >= 4 is 47.2 Å². The number of hydrogen-bond donors (Lipinski definition) is 1. The largest absolute Gasteiger partial charge is 0.507 e. The molecule has 0 aromatic heterocycles. The monoisotopic (exact) mass is 377 g/mol. The van der Waals surface area contributed by atoms with Crippen molar-refractivity contribution in [3.63, 3.8) is 0 Å². The smallest absolute Gasteiger partial charge is 0.179 e. The van der Waals surface area contributed by atoms with Gasteiger partial charge in [0.15, 0.2) is 5.78 Å². The predicted molar refractivity (Wildman–Crippen MR) is 118 cm³/mol. The molecule has 3 heteroatoms. The van der Waals surface area contributed by atoms with Crippen LogP contribution in [-0.4, -0.2) is 17.9 Å². The molecule has 0 bridgehead atoms. The summed E-state index contributed by atoms with van der Waals surface area (Å²) in [4.78, 5) is 13.6. The number of aliphatic hydroxyl groups excluding tert-OH is 1. The molecule has 3 nitrogen and oxygen atoms in total. The van der Waals surface area contributed by atoms with Crippen LogP contribution in [0.2, 0.25) is 0 Å². The third-order valence-corrected chi connectivity index (χ3v) is 5.46. The summed E-state index contributed by atoms with van der Waals surface area (Å²) in [6.07, 6.45) is 9.24. The standard InChI is InChI=1S/C26H19NO2/c1-27-24-5-3-2-4-22(24)26(29)23-13-9-18(15-25(23)27)7-6-17-8-10-20-16-21(28)12-11-19(20)14-17/h2-16,29H,1H3/b17-6+,18-7+. The Morgan fingerprint density at radius 3 is 2.48 bits per heavy atom. The van der Waals surface area contributed by atoms with Crippen LogP contribution in [0.15, 0.2) is 66.7 Å². The summed E-state index contributed by atoms with van der Waals surface area (Å²) in [6, 6.07) is 20.0. The minimum Gasteiger partial charge on any atom is -0.507 e. The Kier molecular flexibility index (Phi) is 3.95. The Balaban J connectivity index is 1.61. The van der Waals surface area contributed by atoms with Gasteiger partial charge >= 0.3 is 0 Å². The van der Waals surface area contributed by atoms with Crippen molar-refractivity contribution in [2.45, 2.75) is 0 Å². The molecule has 0 radical (unpaired) electrons. The first-order chi connectivity index (χ1) is 14.1. The van der Waals surface area contributed by atoms with Gasteiger partial charge in [0.2, 0.25) is 0 Å². The SMILES string of the molecule is CN1c2ccccc2C(O)=c2cc/c(=C\C=c3/ccc4c(c3)C=CC(=O)C=4)cc21.